The second-order valence-electron chi connectivity index (χ2n) is 3.88. The number of amides is 1. The van der Waals surface area contributed by atoms with Crippen molar-refractivity contribution in [2.75, 3.05) is 32.9 Å². The summed E-state index contributed by atoms with van der Waals surface area (Å²) in [5.41, 5.74) is 0. The molecule has 0 saturated heterocycles. The maximum Gasteiger partial charge on any atom is 0.226 e. The second-order valence-corrected chi connectivity index (χ2v) is 4.80. The molecule has 0 heterocycles. The quantitative estimate of drug-likeness (QED) is 0.746. The zero-order valence-corrected chi connectivity index (χ0v) is 12.2. The van der Waals surface area contributed by atoms with E-state index in [0.29, 0.717) is 5.75 Å². The highest BCUT2D eigenvalue weighted by molar-refractivity contribution is 9.10. The van der Waals surface area contributed by atoms with Crippen LogP contribution in [0.3, 0.4) is 0 Å². The van der Waals surface area contributed by atoms with Gasteiger partial charge in [0, 0.05) is 17.6 Å². The van der Waals surface area contributed by atoms with E-state index >= 15 is 0 Å². The van der Waals surface area contributed by atoms with Gasteiger partial charge in [0.05, 0.1) is 26.2 Å². The van der Waals surface area contributed by atoms with Crippen LogP contribution in [-0.4, -0.2) is 53.9 Å². The molecular formula is C13H18BrNO4. The molecule has 0 aliphatic carbocycles. The zero-order chi connectivity index (χ0) is 14.1. The average Bonchev–Trinajstić information content (AvgIpc) is 2.38. The first-order valence-corrected chi connectivity index (χ1v) is 6.84. The van der Waals surface area contributed by atoms with Crippen molar-refractivity contribution < 1.29 is 19.7 Å². The Morgan fingerprint density at radius 2 is 1.95 bits per heavy atom. The SMILES string of the molecule is O=C(CCOc1cccc(Br)c1)N(CCO)CCO. The van der Waals surface area contributed by atoms with E-state index in [9.17, 15) is 4.79 Å². The van der Waals surface area contributed by atoms with Gasteiger partial charge in [-0.2, -0.15) is 0 Å². The Kier molecular flexibility index (Phi) is 7.47. The van der Waals surface area contributed by atoms with Crippen LogP contribution in [0.4, 0.5) is 0 Å². The number of hydrogen-bond donors (Lipinski definition) is 2. The third kappa shape index (κ3) is 6.04. The Morgan fingerprint density at radius 3 is 2.53 bits per heavy atom. The van der Waals surface area contributed by atoms with Crippen LogP contribution in [0.1, 0.15) is 6.42 Å². The molecule has 1 aromatic carbocycles. The minimum Gasteiger partial charge on any atom is -0.493 e. The molecule has 1 rings (SSSR count). The van der Waals surface area contributed by atoms with E-state index in [0.717, 1.165) is 4.47 Å². The zero-order valence-electron chi connectivity index (χ0n) is 10.6. The van der Waals surface area contributed by atoms with Gasteiger partial charge < -0.3 is 19.8 Å². The largest absolute Gasteiger partial charge is 0.493 e. The molecule has 5 nitrogen and oxygen atoms in total. The molecule has 0 atom stereocenters. The number of aliphatic hydroxyl groups excluding tert-OH is 2. The molecule has 0 radical (unpaired) electrons. The maximum absolute atomic E-state index is 11.8. The normalized spacial score (nSPS) is 10.3. The number of hydrogen-bond acceptors (Lipinski definition) is 4. The van der Waals surface area contributed by atoms with Crippen molar-refractivity contribution >= 4 is 21.8 Å². The van der Waals surface area contributed by atoms with Crippen molar-refractivity contribution in [3.8, 4) is 5.75 Å². The van der Waals surface area contributed by atoms with Crippen molar-refractivity contribution in [3.05, 3.63) is 28.7 Å². The van der Waals surface area contributed by atoms with E-state index in [1.807, 2.05) is 24.3 Å². The standard InChI is InChI=1S/C13H18BrNO4/c14-11-2-1-3-12(10-11)19-9-4-13(18)15(5-7-16)6-8-17/h1-3,10,16-17H,4-9H2. The monoisotopic (exact) mass is 331 g/mol. The third-order valence-electron chi connectivity index (χ3n) is 2.47. The minimum atomic E-state index is -0.141. The molecule has 106 valence electrons. The molecule has 0 unspecified atom stereocenters. The highest BCUT2D eigenvalue weighted by atomic mass is 79.9. The predicted octanol–water partition coefficient (Wildman–Crippen LogP) is 1.03. The van der Waals surface area contributed by atoms with Gasteiger partial charge in [-0.25, -0.2) is 0 Å². The van der Waals surface area contributed by atoms with Crippen LogP contribution >= 0.6 is 15.9 Å². The molecule has 0 aliphatic heterocycles. The second kappa shape index (κ2) is 8.90. The Labute approximate surface area is 120 Å². The number of halogens is 1. The molecule has 2 N–H and O–H groups in total. The van der Waals surface area contributed by atoms with Crippen LogP contribution in [0.15, 0.2) is 28.7 Å². The molecule has 0 bridgehead atoms. The van der Waals surface area contributed by atoms with Crippen molar-refractivity contribution in [1.29, 1.82) is 0 Å². The fourth-order valence-electron chi connectivity index (χ4n) is 1.57. The Hall–Kier alpha value is -1.11. The molecule has 0 saturated carbocycles. The van der Waals surface area contributed by atoms with Gasteiger partial charge in [0.15, 0.2) is 0 Å². The molecule has 0 fully saturated rings. The molecule has 0 aliphatic rings. The first-order chi connectivity index (χ1) is 9.17. The Bertz CT molecular complexity index is 394. The average molecular weight is 332 g/mol. The summed E-state index contributed by atoms with van der Waals surface area (Å²) in [4.78, 5) is 13.2. The van der Waals surface area contributed by atoms with Gasteiger partial charge in [0.25, 0.3) is 0 Å². The lowest BCUT2D eigenvalue weighted by atomic mass is 10.3. The van der Waals surface area contributed by atoms with Crippen LogP contribution in [0.2, 0.25) is 0 Å². The number of carbonyl (C=O) groups is 1. The van der Waals surface area contributed by atoms with E-state index in [4.69, 9.17) is 14.9 Å². The smallest absolute Gasteiger partial charge is 0.226 e. The molecular weight excluding hydrogens is 314 g/mol. The lowest BCUT2D eigenvalue weighted by Gasteiger charge is -2.20. The lowest BCUT2D eigenvalue weighted by molar-refractivity contribution is -0.132. The molecule has 1 aromatic rings. The van der Waals surface area contributed by atoms with Crippen molar-refractivity contribution in [2.24, 2.45) is 0 Å². The van der Waals surface area contributed by atoms with Crippen LogP contribution in [0.25, 0.3) is 0 Å². The molecule has 0 aromatic heterocycles. The summed E-state index contributed by atoms with van der Waals surface area (Å²) in [6, 6.07) is 7.38. The highest BCUT2D eigenvalue weighted by Gasteiger charge is 2.12. The van der Waals surface area contributed by atoms with E-state index < -0.39 is 0 Å². The highest BCUT2D eigenvalue weighted by Crippen LogP contribution is 2.17. The summed E-state index contributed by atoms with van der Waals surface area (Å²) < 4.78 is 6.38. The van der Waals surface area contributed by atoms with Crippen molar-refractivity contribution in [1.82, 2.24) is 4.90 Å². The number of carbonyl (C=O) groups excluding carboxylic acids is 1. The van der Waals surface area contributed by atoms with Gasteiger partial charge in [-0.3, -0.25) is 4.79 Å². The van der Waals surface area contributed by atoms with Crippen LogP contribution in [-0.2, 0) is 4.79 Å². The predicted molar refractivity (Wildman–Crippen MR) is 75.0 cm³/mol. The molecule has 0 spiro atoms. The maximum atomic E-state index is 11.8. The van der Waals surface area contributed by atoms with Gasteiger partial charge in [0.2, 0.25) is 5.91 Å². The fourth-order valence-corrected chi connectivity index (χ4v) is 1.95. The van der Waals surface area contributed by atoms with Crippen LogP contribution in [0.5, 0.6) is 5.75 Å². The van der Waals surface area contributed by atoms with E-state index in [2.05, 4.69) is 15.9 Å². The minimum absolute atomic E-state index is 0.113. The number of nitrogens with zero attached hydrogens (tertiary/aromatic N) is 1. The summed E-state index contributed by atoms with van der Waals surface area (Å²) in [5.74, 6) is 0.552. The van der Waals surface area contributed by atoms with Gasteiger partial charge >= 0.3 is 0 Å². The molecule has 19 heavy (non-hydrogen) atoms. The van der Waals surface area contributed by atoms with Crippen molar-refractivity contribution in [2.45, 2.75) is 6.42 Å². The van der Waals surface area contributed by atoms with Crippen LogP contribution < -0.4 is 4.74 Å². The van der Waals surface area contributed by atoms with Crippen molar-refractivity contribution in [3.63, 3.8) is 0 Å². The van der Waals surface area contributed by atoms with Crippen LogP contribution in [0, 0.1) is 0 Å². The van der Waals surface area contributed by atoms with E-state index in [1.165, 1.54) is 4.90 Å². The number of aliphatic hydroxyl groups is 2. The Morgan fingerprint density at radius 1 is 1.26 bits per heavy atom. The number of rotatable bonds is 8. The van der Waals surface area contributed by atoms with E-state index in [-0.39, 0.29) is 45.2 Å². The van der Waals surface area contributed by atoms with E-state index in [1.54, 1.807) is 0 Å². The first kappa shape index (κ1) is 15.9. The summed E-state index contributed by atoms with van der Waals surface area (Å²) in [7, 11) is 0. The molecule has 6 heteroatoms. The topological polar surface area (TPSA) is 70.0 Å². The summed E-state index contributed by atoms with van der Waals surface area (Å²) >= 11 is 3.34. The summed E-state index contributed by atoms with van der Waals surface area (Å²) in [6.07, 6.45) is 0.215. The summed E-state index contributed by atoms with van der Waals surface area (Å²) in [5, 5.41) is 17.7. The summed E-state index contributed by atoms with van der Waals surface area (Å²) in [6.45, 7) is 0.506. The first-order valence-electron chi connectivity index (χ1n) is 6.05. The lowest BCUT2D eigenvalue weighted by Crippen LogP contribution is -2.36. The van der Waals surface area contributed by atoms with Gasteiger partial charge in [0.1, 0.15) is 5.75 Å². The molecule has 1 amide bonds. The fraction of sp³-hybridized carbons (Fsp3) is 0.462. The number of benzene rings is 1. The third-order valence-corrected chi connectivity index (χ3v) is 2.97. The van der Waals surface area contributed by atoms with Gasteiger partial charge in [-0.1, -0.05) is 22.0 Å². The van der Waals surface area contributed by atoms with Gasteiger partial charge in [-0.15, -0.1) is 0 Å². The number of ether oxygens (including phenoxy) is 1. The van der Waals surface area contributed by atoms with Gasteiger partial charge in [-0.05, 0) is 18.2 Å². The Balaban J connectivity index is 2.36.